The maximum atomic E-state index is 12.0. The van der Waals surface area contributed by atoms with Gasteiger partial charge >= 0.3 is 5.97 Å². The zero-order valence-corrected chi connectivity index (χ0v) is 33.7. The third-order valence-corrected chi connectivity index (χ3v) is 19.6. The number of methoxy groups -OCH3 is 1. The molecule has 0 bridgehead atoms. The molecule has 43 heavy (non-hydrogen) atoms. The Labute approximate surface area is 292 Å². The lowest BCUT2D eigenvalue weighted by Crippen LogP contribution is -2.00. The summed E-state index contributed by atoms with van der Waals surface area (Å²) in [7, 11) is 11.7. The first-order chi connectivity index (χ1) is 20.2. The molecule has 0 spiro atoms. The number of ether oxygens (including phenoxy) is 1. The Morgan fingerprint density at radius 2 is 1.56 bits per heavy atom. The van der Waals surface area contributed by atoms with Crippen molar-refractivity contribution in [2.45, 2.75) is 11.3 Å². The van der Waals surface area contributed by atoms with Crippen molar-refractivity contribution in [2.75, 3.05) is 7.11 Å². The number of alkyl halides is 2. The Balaban J connectivity index is 0.000000321. The Kier molecular flexibility index (Phi) is 20.9. The van der Waals surface area contributed by atoms with Gasteiger partial charge in [0.25, 0.3) is 15.5 Å². The molecule has 0 N–H and O–H groups in total. The van der Waals surface area contributed by atoms with Gasteiger partial charge in [-0.05, 0) is 83.7 Å². The molecule has 4 nitrogen and oxygen atoms in total. The first kappa shape index (κ1) is 41.1. The monoisotopic (exact) mass is 916 g/mol. The van der Waals surface area contributed by atoms with E-state index in [1.807, 2.05) is 48.5 Å². The normalized spacial score (nSPS) is 10.7. The minimum absolute atomic E-state index is 0.182. The zero-order valence-electron chi connectivity index (χ0n) is 22.3. The van der Waals surface area contributed by atoms with Crippen molar-refractivity contribution < 1.29 is 26.7 Å². The molecule has 4 atom stereocenters. The maximum Gasteiger partial charge on any atom is 0.337 e. The molecule has 0 radical (unpaired) electrons. The largest absolute Gasteiger partial charge is 0.465 e. The van der Waals surface area contributed by atoms with Crippen molar-refractivity contribution in [3.05, 3.63) is 121 Å². The standard InChI is InChI=1S/C14H10BrClO2.C7H5ClF2O2S.C6H5I.H7P5/c1-18-14(17)10-5-6-12(13(16)8-10)9-3-2-4-11(15)7-9;8-13(11,12)6-3-1-5(2-4-6)7(9)10;7-6-4-2-1-3-5-6;1-4-5(2)3/h2-8H,1H3;1-4,7H;1-5H;4H,1-3H2. The average molecular weight is 918 g/mol. The van der Waals surface area contributed by atoms with Gasteiger partial charge in [0.15, 0.2) is 0 Å². The molecule has 0 aliphatic rings. The van der Waals surface area contributed by atoms with Crippen molar-refractivity contribution in [3.8, 4) is 11.1 Å². The molecule has 4 aromatic rings. The van der Waals surface area contributed by atoms with Crippen LogP contribution in [-0.4, -0.2) is 21.5 Å². The van der Waals surface area contributed by atoms with E-state index >= 15 is 0 Å². The van der Waals surface area contributed by atoms with E-state index in [9.17, 15) is 22.0 Å². The molecule has 4 rings (SSSR count). The summed E-state index contributed by atoms with van der Waals surface area (Å²) in [6, 6.07) is 27.3. The maximum absolute atomic E-state index is 12.0. The van der Waals surface area contributed by atoms with Crippen LogP contribution in [0.1, 0.15) is 22.3 Å². The van der Waals surface area contributed by atoms with E-state index in [0.717, 1.165) is 47.8 Å². The van der Waals surface area contributed by atoms with Crippen LogP contribution >= 0.6 is 103 Å². The highest BCUT2D eigenvalue weighted by Crippen LogP contribution is 2.71. The topological polar surface area (TPSA) is 60.4 Å². The molecule has 0 aromatic heterocycles. The Morgan fingerprint density at radius 3 is 1.95 bits per heavy atom. The van der Waals surface area contributed by atoms with Crippen molar-refractivity contribution in [1.29, 1.82) is 0 Å². The molecule has 0 heterocycles. The van der Waals surface area contributed by atoms with E-state index in [-0.39, 0.29) is 17.4 Å². The summed E-state index contributed by atoms with van der Waals surface area (Å²) in [6.45, 7) is 0.226. The van der Waals surface area contributed by atoms with Gasteiger partial charge in [0, 0.05) is 34.9 Å². The number of hydrogen-bond donors (Lipinski definition) is 0. The predicted octanol–water partition coefficient (Wildman–Crippen LogP) is 11.8. The number of carbonyl (C=O) groups excluding carboxylic acids is 1. The lowest BCUT2D eigenvalue weighted by molar-refractivity contribution is 0.0600. The number of halogens is 6. The molecule has 0 saturated heterocycles. The summed E-state index contributed by atoms with van der Waals surface area (Å²) in [6.07, 6.45) is -2.60. The lowest BCUT2D eigenvalue weighted by atomic mass is 10.0. The summed E-state index contributed by atoms with van der Waals surface area (Å²) in [4.78, 5) is 11.2. The van der Waals surface area contributed by atoms with Gasteiger partial charge in [-0.2, -0.15) is 0 Å². The van der Waals surface area contributed by atoms with Gasteiger partial charge in [0.1, 0.15) is 0 Å². The summed E-state index contributed by atoms with van der Waals surface area (Å²) in [5, 5.41) is 0.524. The predicted molar refractivity (Wildman–Crippen MR) is 204 cm³/mol. The SMILES string of the molecule is COC(=O)c1ccc(-c2cccc(Br)c2)c(Cl)c1.Ic1ccccc1.O=S(=O)(Cl)c1ccc(C(F)F)cc1.PPP(P)P. The molecule has 0 amide bonds. The first-order valence-corrected chi connectivity index (χ1v) is 24.4. The lowest BCUT2D eigenvalue weighted by Gasteiger charge is -2.07. The van der Waals surface area contributed by atoms with Crippen LogP contribution in [0.4, 0.5) is 8.78 Å². The van der Waals surface area contributed by atoms with Crippen LogP contribution in [0, 0.1) is 3.57 Å². The van der Waals surface area contributed by atoms with Crippen LogP contribution < -0.4 is 0 Å². The van der Waals surface area contributed by atoms with Crippen LogP contribution in [0.2, 0.25) is 5.02 Å². The van der Waals surface area contributed by atoms with Crippen LogP contribution in [0.25, 0.3) is 11.1 Å². The fourth-order valence-corrected chi connectivity index (χ4v) is 4.71. The molecule has 0 aliphatic heterocycles. The van der Waals surface area contributed by atoms with Gasteiger partial charge in [-0.1, -0.05) is 84.0 Å². The third-order valence-electron chi connectivity index (χ3n) is 4.82. The van der Waals surface area contributed by atoms with Crippen LogP contribution in [0.15, 0.2) is 106 Å². The fourth-order valence-electron chi connectivity index (χ4n) is 2.84. The van der Waals surface area contributed by atoms with Gasteiger partial charge in [0.05, 0.1) is 17.6 Å². The zero-order chi connectivity index (χ0) is 32.6. The Bertz CT molecular complexity index is 1540. The number of esters is 1. The molecule has 4 unspecified atom stereocenters. The second-order valence-corrected chi connectivity index (χ2v) is 26.9. The van der Waals surface area contributed by atoms with E-state index < -0.39 is 21.4 Å². The van der Waals surface area contributed by atoms with Crippen LogP contribution in [0.5, 0.6) is 0 Å². The Morgan fingerprint density at radius 1 is 0.977 bits per heavy atom. The molecule has 232 valence electrons. The van der Waals surface area contributed by atoms with Crippen LogP contribution in [0.3, 0.4) is 0 Å². The summed E-state index contributed by atoms with van der Waals surface area (Å²) in [5.74, 6) is -0.391. The van der Waals surface area contributed by atoms with Gasteiger partial charge in [-0.25, -0.2) is 22.0 Å². The molecule has 0 aliphatic carbocycles. The minimum Gasteiger partial charge on any atom is -0.465 e. The van der Waals surface area contributed by atoms with Gasteiger partial charge in [-0.15, -0.1) is 26.8 Å². The van der Waals surface area contributed by atoms with Crippen molar-refractivity contribution >= 4 is 118 Å². The highest BCUT2D eigenvalue weighted by molar-refractivity contribution is 14.1. The second-order valence-electron chi connectivity index (χ2n) is 7.84. The van der Waals surface area contributed by atoms with Crippen molar-refractivity contribution in [1.82, 2.24) is 0 Å². The summed E-state index contributed by atoms with van der Waals surface area (Å²) < 4.78 is 52.3. The van der Waals surface area contributed by atoms with Gasteiger partial charge in [-0.3, -0.25) is 0 Å². The first-order valence-electron chi connectivity index (χ1n) is 11.6. The molecule has 0 saturated carbocycles. The third kappa shape index (κ3) is 17.0. The second kappa shape index (κ2) is 21.8. The van der Waals surface area contributed by atoms with E-state index in [0.29, 0.717) is 10.6 Å². The summed E-state index contributed by atoms with van der Waals surface area (Å²) in [5.41, 5.74) is 2.08. The molecular formula is C27H27BrCl2F2IO4P5S. The number of benzene rings is 4. The smallest absolute Gasteiger partial charge is 0.337 e. The summed E-state index contributed by atoms with van der Waals surface area (Å²) >= 11 is 11.9. The number of hydrogen-bond acceptors (Lipinski definition) is 4. The number of carbonyl (C=O) groups is 1. The van der Waals surface area contributed by atoms with Gasteiger partial charge < -0.3 is 4.74 Å². The number of rotatable bonds is 5. The quantitative estimate of drug-likeness (QED) is 0.0866. The van der Waals surface area contributed by atoms with E-state index in [1.165, 1.54) is 10.7 Å². The van der Waals surface area contributed by atoms with E-state index in [1.54, 1.807) is 12.1 Å². The van der Waals surface area contributed by atoms with Crippen molar-refractivity contribution in [2.24, 2.45) is 0 Å². The average Bonchev–Trinajstić information content (AvgIpc) is 2.97. The van der Waals surface area contributed by atoms with Gasteiger partial charge in [0.2, 0.25) is 0 Å². The fraction of sp³-hybridized carbons (Fsp3) is 0.0741. The van der Waals surface area contributed by atoms with Crippen molar-refractivity contribution in [3.63, 3.8) is 0 Å². The molecule has 4 aromatic carbocycles. The molecule has 0 fully saturated rings. The minimum atomic E-state index is -3.82. The molecular weight excluding hydrogens is 891 g/mol. The highest BCUT2D eigenvalue weighted by Gasteiger charge is 2.12. The Hall–Kier alpha value is 0.100. The van der Waals surface area contributed by atoms with E-state index in [4.69, 9.17) is 22.3 Å². The highest BCUT2D eigenvalue weighted by atomic mass is 127. The van der Waals surface area contributed by atoms with E-state index in [2.05, 4.69) is 82.2 Å². The van der Waals surface area contributed by atoms with Crippen LogP contribution in [-0.2, 0) is 13.8 Å². The molecule has 16 heteroatoms.